The topological polar surface area (TPSA) is 6.48 Å². The summed E-state index contributed by atoms with van der Waals surface area (Å²) in [6, 6.07) is 61.2. The Balaban J connectivity index is 1.22. The lowest BCUT2D eigenvalue weighted by atomic mass is 9.82. The van der Waals surface area contributed by atoms with Crippen molar-refractivity contribution in [3.8, 4) is 0 Å². The third kappa shape index (κ3) is 6.13. The van der Waals surface area contributed by atoms with Crippen LogP contribution in [0.2, 0.25) is 0 Å². The van der Waals surface area contributed by atoms with Crippen LogP contribution in [0, 0.1) is 0 Å². The minimum atomic E-state index is 0.366. The van der Waals surface area contributed by atoms with Crippen LogP contribution in [0.15, 0.2) is 158 Å². The highest BCUT2D eigenvalue weighted by Crippen LogP contribution is 2.53. The first-order valence-corrected chi connectivity index (χ1v) is 24.1. The Bertz CT molecular complexity index is 3190. The maximum Gasteiger partial charge on any atom is 0.0543 e. The molecule has 2 nitrogen and oxygen atoms in total. The van der Waals surface area contributed by atoms with E-state index < -0.39 is 0 Å². The van der Waals surface area contributed by atoms with Gasteiger partial charge in [-0.05, 0) is 177 Å². The Kier molecular flexibility index (Phi) is 9.48. The summed E-state index contributed by atoms with van der Waals surface area (Å²) in [7, 11) is 0. The van der Waals surface area contributed by atoms with E-state index in [1.165, 1.54) is 147 Å². The zero-order valence-corrected chi connectivity index (χ0v) is 37.7. The second-order valence-electron chi connectivity index (χ2n) is 18.9. The molecule has 2 aliphatic rings. The van der Waals surface area contributed by atoms with Crippen LogP contribution in [0.1, 0.15) is 98.6 Å². The van der Waals surface area contributed by atoms with Crippen molar-refractivity contribution in [2.75, 3.05) is 9.80 Å². The van der Waals surface area contributed by atoms with Crippen molar-refractivity contribution in [2.45, 2.75) is 90.9 Å². The smallest absolute Gasteiger partial charge is 0.0543 e. The van der Waals surface area contributed by atoms with Crippen LogP contribution >= 0.6 is 0 Å². The van der Waals surface area contributed by atoms with E-state index in [4.69, 9.17) is 0 Å². The summed E-state index contributed by atoms with van der Waals surface area (Å²) in [6.07, 6.45) is 9.20. The number of rotatable bonds is 10. The maximum absolute atomic E-state index is 2.61. The number of hydrogen-bond donors (Lipinski definition) is 0. The fourth-order valence-electron chi connectivity index (χ4n) is 11.7. The number of hydrogen-bond acceptors (Lipinski definition) is 2. The van der Waals surface area contributed by atoms with Gasteiger partial charge in [-0.3, -0.25) is 0 Å². The molecule has 0 N–H and O–H groups in total. The Labute approximate surface area is 378 Å². The van der Waals surface area contributed by atoms with Gasteiger partial charge >= 0.3 is 0 Å². The summed E-state index contributed by atoms with van der Waals surface area (Å²) >= 11 is 0. The predicted octanol–water partition coefficient (Wildman–Crippen LogP) is 17.8. The monoisotopic (exact) mass is 828 g/mol. The van der Waals surface area contributed by atoms with Gasteiger partial charge in [0.15, 0.2) is 0 Å². The standard InChI is InChI=1S/C62H56N2/c1-5-39(3)55-37-59(63(47-29-27-41-17-11-21-45(41)35-47)57-25-13-19-43-15-7-9-23-49(43)57)53-34-32-52-56(40(4)6-2)38-60(54-33-31-51(55)61(53)62(52)54)64(48-30-28-42-18-12-22-46(42)36-48)58-26-14-20-44-16-8-10-24-50(44)58/h7-10,13-16,19-20,23-40H,5-6,11-12,17-18,21-22H2,1-4H3. The molecule has 0 radical (unpaired) electrons. The number of benzene rings is 10. The largest absolute Gasteiger partial charge is 0.309 e. The first-order chi connectivity index (χ1) is 31.5. The average molecular weight is 829 g/mol. The van der Waals surface area contributed by atoms with Crippen molar-refractivity contribution in [2.24, 2.45) is 0 Å². The van der Waals surface area contributed by atoms with Gasteiger partial charge < -0.3 is 9.80 Å². The molecule has 0 heterocycles. The molecule has 2 unspecified atom stereocenters. The lowest BCUT2D eigenvalue weighted by Crippen LogP contribution is -2.14. The van der Waals surface area contributed by atoms with E-state index in [0.717, 1.165) is 25.7 Å². The molecular formula is C62H56N2. The molecule has 2 heteroatoms. The third-order valence-electron chi connectivity index (χ3n) is 15.4. The van der Waals surface area contributed by atoms with E-state index in [2.05, 4.69) is 195 Å². The van der Waals surface area contributed by atoms with E-state index in [-0.39, 0.29) is 0 Å². The fraction of sp³-hybridized carbons (Fsp3) is 0.226. The molecule has 0 bridgehead atoms. The molecule has 10 aromatic carbocycles. The van der Waals surface area contributed by atoms with Crippen molar-refractivity contribution in [3.63, 3.8) is 0 Å². The second-order valence-corrected chi connectivity index (χ2v) is 18.9. The molecule has 12 rings (SSSR count). The Hall–Kier alpha value is -6.64. The van der Waals surface area contributed by atoms with Crippen LogP contribution in [-0.4, -0.2) is 0 Å². The van der Waals surface area contributed by atoms with Gasteiger partial charge in [0.2, 0.25) is 0 Å². The van der Waals surface area contributed by atoms with Crippen molar-refractivity contribution in [3.05, 3.63) is 191 Å². The summed E-state index contributed by atoms with van der Waals surface area (Å²) in [4.78, 5) is 5.23. The van der Waals surface area contributed by atoms with Gasteiger partial charge in [0.1, 0.15) is 0 Å². The molecule has 0 amide bonds. The van der Waals surface area contributed by atoms with Gasteiger partial charge in [-0.1, -0.05) is 137 Å². The molecule has 10 aromatic rings. The highest BCUT2D eigenvalue weighted by Gasteiger charge is 2.28. The van der Waals surface area contributed by atoms with Crippen molar-refractivity contribution >= 4 is 88.0 Å². The molecule has 0 aromatic heterocycles. The molecule has 0 saturated heterocycles. The highest BCUT2D eigenvalue weighted by atomic mass is 15.2. The van der Waals surface area contributed by atoms with Crippen LogP contribution in [0.3, 0.4) is 0 Å². The number of anilines is 6. The van der Waals surface area contributed by atoms with Crippen LogP contribution < -0.4 is 9.80 Å². The first-order valence-electron chi connectivity index (χ1n) is 24.1. The normalized spacial score (nSPS) is 14.5. The Morgan fingerprint density at radius 1 is 0.375 bits per heavy atom. The van der Waals surface area contributed by atoms with E-state index in [1.54, 1.807) is 0 Å². The summed E-state index contributed by atoms with van der Waals surface area (Å²) in [6.45, 7) is 9.56. The van der Waals surface area contributed by atoms with Gasteiger partial charge in [0.05, 0.1) is 22.7 Å². The third-order valence-corrected chi connectivity index (χ3v) is 15.4. The summed E-state index contributed by atoms with van der Waals surface area (Å²) in [5, 5.41) is 13.2. The molecule has 2 aliphatic carbocycles. The molecule has 0 saturated carbocycles. The van der Waals surface area contributed by atoms with Gasteiger partial charge in [0.25, 0.3) is 0 Å². The molecule has 0 fully saturated rings. The SMILES string of the molecule is CCC(C)c1cc(N(c2ccc3c(c2)CCC3)c2cccc3ccccc23)c2ccc3c(C(C)CC)cc(N(c4ccc5c(c4)CCC5)c4cccc5ccccc45)c4ccc1c2c34. The molecule has 314 valence electrons. The minimum Gasteiger partial charge on any atom is -0.309 e. The van der Waals surface area contributed by atoms with Crippen LogP contribution in [0.25, 0.3) is 53.9 Å². The lowest BCUT2D eigenvalue weighted by Gasteiger charge is -2.33. The van der Waals surface area contributed by atoms with Crippen molar-refractivity contribution < 1.29 is 0 Å². The quantitative estimate of drug-likeness (QED) is 0.127. The molecular weight excluding hydrogens is 773 g/mol. The van der Waals surface area contributed by atoms with Crippen molar-refractivity contribution in [1.29, 1.82) is 0 Å². The van der Waals surface area contributed by atoms with Gasteiger partial charge in [-0.2, -0.15) is 0 Å². The van der Waals surface area contributed by atoms with Gasteiger partial charge in [0, 0.05) is 32.9 Å². The van der Waals surface area contributed by atoms with E-state index in [0.29, 0.717) is 11.8 Å². The second kappa shape index (κ2) is 15.6. The first kappa shape index (κ1) is 39.0. The van der Waals surface area contributed by atoms with Crippen LogP contribution in [-0.2, 0) is 25.7 Å². The summed E-state index contributed by atoms with van der Waals surface area (Å²) in [5.74, 6) is 0.731. The molecule has 2 atom stereocenters. The van der Waals surface area contributed by atoms with Gasteiger partial charge in [-0.15, -0.1) is 0 Å². The zero-order valence-electron chi connectivity index (χ0n) is 37.7. The lowest BCUT2D eigenvalue weighted by molar-refractivity contribution is 0.739. The summed E-state index contributed by atoms with van der Waals surface area (Å²) < 4.78 is 0. The zero-order chi connectivity index (χ0) is 43.1. The number of fused-ring (bicyclic) bond motifs is 4. The van der Waals surface area contributed by atoms with Crippen LogP contribution in [0.5, 0.6) is 0 Å². The average Bonchev–Trinajstić information content (AvgIpc) is 4.03. The number of nitrogens with zero attached hydrogens (tertiary/aromatic N) is 2. The van der Waals surface area contributed by atoms with E-state index >= 15 is 0 Å². The number of aryl methyl sites for hydroxylation is 4. The molecule has 0 spiro atoms. The fourth-order valence-corrected chi connectivity index (χ4v) is 11.7. The molecule has 64 heavy (non-hydrogen) atoms. The van der Waals surface area contributed by atoms with E-state index in [1.807, 2.05) is 0 Å². The van der Waals surface area contributed by atoms with Crippen molar-refractivity contribution in [1.82, 2.24) is 0 Å². The Morgan fingerprint density at radius 2 is 0.781 bits per heavy atom. The Morgan fingerprint density at radius 3 is 1.23 bits per heavy atom. The van der Waals surface area contributed by atoms with Crippen LogP contribution in [0.4, 0.5) is 34.1 Å². The maximum atomic E-state index is 2.61. The minimum absolute atomic E-state index is 0.366. The highest BCUT2D eigenvalue weighted by molar-refractivity contribution is 6.30. The predicted molar refractivity (Wildman–Crippen MR) is 276 cm³/mol. The summed E-state index contributed by atoms with van der Waals surface area (Å²) in [5.41, 5.74) is 16.3. The molecule has 0 aliphatic heterocycles. The van der Waals surface area contributed by atoms with E-state index in [9.17, 15) is 0 Å². The van der Waals surface area contributed by atoms with Gasteiger partial charge in [-0.25, -0.2) is 0 Å².